The number of carbonyl (C=O) groups is 2. The predicted molar refractivity (Wildman–Crippen MR) is 107 cm³/mol. The number of benzene rings is 2. The molecule has 0 atom stereocenters. The summed E-state index contributed by atoms with van der Waals surface area (Å²) in [4.78, 5) is 24.1. The van der Waals surface area contributed by atoms with Gasteiger partial charge in [-0.25, -0.2) is 4.79 Å². The molecule has 0 bridgehead atoms. The van der Waals surface area contributed by atoms with Gasteiger partial charge >= 0.3 is 5.97 Å². The quantitative estimate of drug-likeness (QED) is 0.385. The Morgan fingerprint density at radius 2 is 1.97 bits per heavy atom. The molecule has 1 N–H and O–H groups in total. The molecule has 1 aromatic heterocycles. The number of para-hydroxylation sites is 1. The molecule has 0 saturated carbocycles. The molecular weight excluding hydrogens is 372 g/mol. The minimum absolute atomic E-state index is 0.127. The first-order valence-electron chi connectivity index (χ1n) is 8.82. The van der Waals surface area contributed by atoms with E-state index in [0.717, 1.165) is 5.39 Å². The molecule has 3 aromatic rings. The van der Waals surface area contributed by atoms with Crippen LogP contribution in [-0.4, -0.2) is 25.6 Å². The lowest BCUT2D eigenvalue weighted by Crippen LogP contribution is -2.13. The summed E-state index contributed by atoms with van der Waals surface area (Å²) in [7, 11) is 1.54. The van der Waals surface area contributed by atoms with E-state index in [1.54, 1.807) is 31.2 Å². The van der Waals surface area contributed by atoms with E-state index in [-0.39, 0.29) is 12.2 Å². The van der Waals surface area contributed by atoms with Crippen LogP contribution in [0.2, 0.25) is 0 Å². The molecule has 2 aromatic carbocycles. The minimum atomic E-state index is -0.594. The molecule has 0 radical (unpaired) electrons. The number of furan rings is 1. The Hall–Kier alpha value is -4.05. The van der Waals surface area contributed by atoms with Crippen LogP contribution in [0.3, 0.4) is 0 Å². The molecule has 0 unspecified atom stereocenters. The number of esters is 1. The van der Waals surface area contributed by atoms with Gasteiger partial charge in [0.05, 0.1) is 19.3 Å². The fraction of sp³-hybridized carbons (Fsp3) is 0.136. The SMILES string of the molecule is CCOC(=O)c1ccc(NC(=O)/C(C#N)=C/c2cc3cccc(OC)c3o2)cc1. The van der Waals surface area contributed by atoms with Crippen molar-refractivity contribution >= 4 is 34.6 Å². The van der Waals surface area contributed by atoms with Crippen LogP contribution in [-0.2, 0) is 9.53 Å². The smallest absolute Gasteiger partial charge is 0.338 e. The first kappa shape index (κ1) is 19.7. The lowest BCUT2D eigenvalue weighted by Gasteiger charge is -2.05. The third kappa shape index (κ3) is 4.45. The van der Waals surface area contributed by atoms with Crippen molar-refractivity contribution in [1.29, 1.82) is 5.26 Å². The first-order valence-corrected chi connectivity index (χ1v) is 8.82. The van der Waals surface area contributed by atoms with Crippen LogP contribution >= 0.6 is 0 Å². The van der Waals surface area contributed by atoms with Gasteiger partial charge in [0.25, 0.3) is 5.91 Å². The summed E-state index contributed by atoms with van der Waals surface area (Å²) in [6, 6.07) is 15.2. The average molecular weight is 390 g/mol. The summed E-state index contributed by atoms with van der Waals surface area (Å²) in [6.07, 6.45) is 1.36. The zero-order valence-electron chi connectivity index (χ0n) is 15.9. The highest BCUT2D eigenvalue weighted by atomic mass is 16.5. The molecule has 0 aliphatic heterocycles. The normalized spacial score (nSPS) is 11.0. The molecular formula is C22H18N2O5. The molecule has 146 valence electrons. The number of anilines is 1. The van der Waals surface area contributed by atoms with Crippen LogP contribution in [0, 0.1) is 11.3 Å². The Bertz CT molecular complexity index is 1120. The lowest BCUT2D eigenvalue weighted by molar-refractivity contribution is -0.112. The summed E-state index contributed by atoms with van der Waals surface area (Å²) >= 11 is 0. The maximum atomic E-state index is 12.4. The number of ether oxygens (including phenoxy) is 2. The van der Waals surface area contributed by atoms with Crippen molar-refractivity contribution in [3.8, 4) is 11.8 Å². The average Bonchev–Trinajstić information content (AvgIpc) is 3.15. The summed E-state index contributed by atoms with van der Waals surface area (Å²) in [5.74, 6) is -0.118. The second-order valence-corrected chi connectivity index (χ2v) is 5.95. The number of rotatable bonds is 6. The number of nitrogens with zero attached hydrogens (tertiary/aromatic N) is 1. The molecule has 0 aliphatic rings. The Labute approximate surface area is 167 Å². The van der Waals surface area contributed by atoms with Gasteiger partial charge in [0, 0.05) is 17.1 Å². The van der Waals surface area contributed by atoms with E-state index in [9.17, 15) is 14.9 Å². The number of carbonyl (C=O) groups excluding carboxylic acids is 2. The van der Waals surface area contributed by atoms with Crippen molar-refractivity contribution in [2.45, 2.75) is 6.92 Å². The van der Waals surface area contributed by atoms with Crippen LogP contribution in [0.25, 0.3) is 17.0 Å². The summed E-state index contributed by atoms with van der Waals surface area (Å²) < 4.78 is 15.9. The van der Waals surface area contributed by atoms with Crippen LogP contribution in [0.1, 0.15) is 23.0 Å². The van der Waals surface area contributed by atoms with Gasteiger partial charge in [-0.15, -0.1) is 0 Å². The largest absolute Gasteiger partial charge is 0.493 e. The third-order valence-electron chi connectivity index (χ3n) is 4.05. The van der Waals surface area contributed by atoms with E-state index >= 15 is 0 Å². The van der Waals surface area contributed by atoms with E-state index in [2.05, 4.69) is 5.32 Å². The number of methoxy groups -OCH3 is 1. The molecule has 0 saturated heterocycles. The fourth-order valence-corrected chi connectivity index (χ4v) is 2.68. The Morgan fingerprint density at radius 1 is 1.21 bits per heavy atom. The number of nitrogens with one attached hydrogen (secondary N) is 1. The topological polar surface area (TPSA) is 102 Å². The zero-order chi connectivity index (χ0) is 20.8. The van der Waals surface area contributed by atoms with Crippen molar-refractivity contribution in [1.82, 2.24) is 0 Å². The second kappa shape index (κ2) is 8.76. The van der Waals surface area contributed by atoms with Crippen molar-refractivity contribution < 1.29 is 23.5 Å². The third-order valence-corrected chi connectivity index (χ3v) is 4.05. The molecule has 0 fully saturated rings. The predicted octanol–water partition coefficient (Wildman–Crippen LogP) is 4.16. The number of fused-ring (bicyclic) bond motifs is 1. The van der Waals surface area contributed by atoms with Gasteiger partial charge in [-0.2, -0.15) is 5.26 Å². The number of hydrogen-bond donors (Lipinski definition) is 1. The van der Waals surface area contributed by atoms with Crippen LogP contribution in [0.5, 0.6) is 5.75 Å². The number of nitriles is 1. The van der Waals surface area contributed by atoms with Crippen molar-refractivity contribution in [3.05, 3.63) is 65.4 Å². The van der Waals surface area contributed by atoms with E-state index in [1.165, 1.54) is 25.3 Å². The Balaban J connectivity index is 1.79. The summed E-state index contributed by atoms with van der Waals surface area (Å²) in [6.45, 7) is 2.00. The highest BCUT2D eigenvalue weighted by molar-refractivity contribution is 6.09. The second-order valence-electron chi connectivity index (χ2n) is 5.95. The van der Waals surface area contributed by atoms with Gasteiger partial charge in [-0.3, -0.25) is 4.79 Å². The maximum absolute atomic E-state index is 12.4. The van der Waals surface area contributed by atoms with Gasteiger partial charge in [0.2, 0.25) is 0 Å². The minimum Gasteiger partial charge on any atom is -0.493 e. The van der Waals surface area contributed by atoms with E-state index in [4.69, 9.17) is 13.9 Å². The molecule has 7 heteroatoms. The maximum Gasteiger partial charge on any atom is 0.338 e. The van der Waals surface area contributed by atoms with Crippen molar-refractivity contribution in [2.75, 3.05) is 19.0 Å². The summed E-state index contributed by atoms with van der Waals surface area (Å²) in [5, 5.41) is 12.8. The molecule has 3 rings (SSSR count). The van der Waals surface area contributed by atoms with Gasteiger partial charge in [0.15, 0.2) is 11.3 Å². The molecule has 0 aliphatic carbocycles. The number of amides is 1. The lowest BCUT2D eigenvalue weighted by atomic mass is 10.2. The van der Waals surface area contributed by atoms with Crippen LogP contribution in [0.15, 0.2) is 58.5 Å². The Morgan fingerprint density at radius 3 is 2.62 bits per heavy atom. The van der Waals surface area contributed by atoms with Crippen molar-refractivity contribution in [3.63, 3.8) is 0 Å². The first-order chi connectivity index (χ1) is 14.0. The van der Waals surface area contributed by atoms with Crippen LogP contribution in [0.4, 0.5) is 5.69 Å². The molecule has 7 nitrogen and oxygen atoms in total. The molecule has 1 amide bonds. The number of hydrogen-bond acceptors (Lipinski definition) is 6. The van der Waals surface area contributed by atoms with Gasteiger partial charge in [-0.05, 0) is 43.3 Å². The molecule has 29 heavy (non-hydrogen) atoms. The molecule has 1 heterocycles. The fourth-order valence-electron chi connectivity index (χ4n) is 2.68. The molecule has 0 spiro atoms. The van der Waals surface area contributed by atoms with E-state index in [0.29, 0.717) is 28.3 Å². The zero-order valence-corrected chi connectivity index (χ0v) is 15.9. The highest BCUT2D eigenvalue weighted by Crippen LogP contribution is 2.29. The van der Waals surface area contributed by atoms with Gasteiger partial charge < -0.3 is 19.2 Å². The van der Waals surface area contributed by atoms with Gasteiger partial charge in [0.1, 0.15) is 17.4 Å². The highest BCUT2D eigenvalue weighted by Gasteiger charge is 2.13. The summed E-state index contributed by atoms with van der Waals surface area (Å²) in [5.41, 5.74) is 1.22. The monoisotopic (exact) mass is 390 g/mol. The van der Waals surface area contributed by atoms with Crippen LogP contribution < -0.4 is 10.1 Å². The Kier molecular flexibility index (Phi) is 5.95. The van der Waals surface area contributed by atoms with Gasteiger partial charge in [-0.1, -0.05) is 12.1 Å². The van der Waals surface area contributed by atoms with E-state index < -0.39 is 11.9 Å². The van der Waals surface area contributed by atoms with Crippen molar-refractivity contribution in [2.24, 2.45) is 0 Å². The standard InChI is InChI=1S/C22H18N2O5/c1-3-28-22(26)14-7-9-17(10-8-14)24-21(25)16(13-23)12-18-11-15-5-4-6-19(27-2)20(15)29-18/h4-12H,3H2,1-2H3,(H,24,25)/b16-12+. The van der Waals surface area contributed by atoms with E-state index in [1.807, 2.05) is 18.2 Å².